The molecular weight excluding hydrogens is 236 g/mol. The van der Waals surface area contributed by atoms with Crippen LogP contribution in [0.1, 0.15) is 11.7 Å². The van der Waals surface area contributed by atoms with E-state index in [1.54, 1.807) is 30.3 Å². The Morgan fingerprint density at radius 1 is 1.17 bits per heavy atom. The lowest BCUT2D eigenvalue weighted by molar-refractivity contribution is -0.139. The van der Waals surface area contributed by atoms with Gasteiger partial charge >= 0.3 is 11.9 Å². The van der Waals surface area contributed by atoms with Gasteiger partial charge in [0.15, 0.2) is 0 Å². The van der Waals surface area contributed by atoms with Crippen LogP contribution in [0, 0.1) is 0 Å². The van der Waals surface area contributed by atoms with Crippen LogP contribution in [0.4, 0.5) is 0 Å². The van der Waals surface area contributed by atoms with Crippen LogP contribution in [0.3, 0.4) is 0 Å². The monoisotopic (exact) mass is 250 g/mol. The second-order valence-corrected chi connectivity index (χ2v) is 3.43. The summed E-state index contributed by atoms with van der Waals surface area (Å²) in [5.74, 6) is -1.51. The van der Waals surface area contributed by atoms with E-state index in [9.17, 15) is 14.7 Å². The van der Waals surface area contributed by atoms with E-state index in [-0.39, 0.29) is 5.57 Å². The van der Waals surface area contributed by atoms with Gasteiger partial charge in [0.25, 0.3) is 0 Å². The number of aliphatic hydroxyl groups is 1. The molecule has 1 aromatic carbocycles. The molecule has 0 aliphatic heterocycles. The highest BCUT2D eigenvalue weighted by Crippen LogP contribution is 2.22. The first kappa shape index (κ1) is 13.9. The van der Waals surface area contributed by atoms with Crippen LogP contribution in [0.2, 0.25) is 0 Å². The van der Waals surface area contributed by atoms with Crippen molar-refractivity contribution in [2.45, 2.75) is 6.10 Å². The zero-order chi connectivity index (χ0) is 13.5. The molecule has 0 amide bonds. The van der Waals surface area contributed by atoms with Crippen molar-refractivity contribution >= 4 is 11.9 Å². The van der Waals surface area contributed by atoms with E-state index < -0.39 is 18.0 Å². The fraction of sp³-hybridized carbons (Fsp3) is 0.231. The van der Waals surface area contributed by atoms with Gasteiger partial charge in [-0.1, -0.05) is 30.3 Å². The molecule has 1 aromatic rings. The number of ether oxygens (including phenoxy) is 2. The second-order valence-electron chi connectivity index (χ2n) is 3.43. The lowest BCUT2D eigenvalue weighted by Gasteiger charge is -2.13. The second kappa shape index (κ2) is 6.56. The minimum absolute atomic E-state index is 0.171. The number of carbonyl (C=O) groups is 2. The minimum atomic E-state index is -1.24. The highest BCUT2D eigenvalue weighted by atomic mass is 16.5. The van der Waals surface area contributed by atoms with Crippen LogP contribution in [-0.2, 0) is 19.1 Å². The summed E-state index contributed by atoms with van der Waals surface area (Å²) >= 11 is 0. The van der Waals surface area contributed by atoms with Gasteiger partial charge in [-0.15, -0.1) is 0 Å². The number of methoxy groups -OCH3 is 2. The van der Waals surface area contributed by atoms with Crippen molar-refractivity contribution in [2.24, 2.45) is 0 Å². The van der Waals surface area contributed by atoms with Crippen molar-refractivity contribution in [1.29, 1.82) is 0 Å². The van der Waals surface area contributed by atoms with E-state index in [4.69, 9.17) is 0 Å². The smallest absolute Gasteiger partial charge is 0.337 e. The van der Waals surface area contributed by atoms with E-state index in [0.29, 0.717) is 5.56 Å². The molecule has 0 fully saturated rings. The predicted octanol–water partition coefficient (Wildman–Crippen LogP) is 0.992. The summed E-state index contributed by atoms with van der Waals surface area (Å²) in [5.41, 5.74) is 0.314. The van der Waals surface area contributed by atoms with Crippen LogP contribution in [0.5, 0.6) is 0 Å². The number of esters is 2. The number of aliphatic hydroxyl groups excluding tert-OH is 1. The molecule has 1 atom stereocenters. The van der Waals surface area contributed by atoms with Crippen molar-refractivity contribution in [2.75, 3.05) is 14.2 Å². The Labute approximate surface area is 105 Å². The molecule has 0 spiro atoms. The molecule has 0 bridgehead atoms. The maximum atomic E-state index is 11.5. The van der Waals surface area contributed by atoms with Crippen molar-refractivity contribution in [3.05, 3.63) is 47.5 Å². The Bertz CT molecular complexity index is 450. The molecule has 5 nitrogen and oxygen atoms in total. The number of benzene rings is 1. The summed E-state index contributed by atoms with van der Waals surface area (Å²) in [6.07, 6.45) is -0.318. The first-order chi connectivity index (χ1) is 8.60. The van der Waals surface area contributed by atoms with Crippen LogP contribution in [-0.4, -0.2) is 31.3 Å². The molecule has 1 unspecified atom stereocenters. The van der Waals surface area contributed by atoms with Crippen molar-refractivity contribution in [3.8, 4) is 0 Å². The van der Waals surface area contributed by atoms with Crippen LogP contribution >= 0.6 is 0 Å². The van der Waals surface area contributed by atoms with Crippen molar-refractivity contribution in [3.63, 3.8) is 0 Å². The summed E-state index contributed by atoms with van der Waals surface area (Å²) in [7, 11) is 2.35. The van der Waals surface area contributed by atoms with E-state index in [0.717, 1.165) is 6.08 Å². The third-order valence-corrected chi connectivity index (χ3v) is 2.31. The topological polar surface area (TPSA) is 72.8 Å². The number of rotatable bonds is 4. The standard InChI is InChI=1S/C13H14O5/c1-17-11(14)8-10(13(16)18-2)12(15)9-6-4-3-5-7-9/h3-8,12,15H,1-2H3/b10-8-. The lowest BCUT2D eigenvalue weighted by Crippen LogP contribution is -2.15. The third-order valence-electron chi connectivity index (χ3n) is 2.31. The van der Waals surface area contributed by atoms with Crippen molar-refractivity contribution < 1.29 is 24.2 Å². The fourth-order valence-electron chi connectivity index (χ4n) is 1.37. The summed E-state index contributed by atoms with van der Waals surface area (Å²) < 4.78 is 8.95. The predicted molar refractivity (Wildman–Crippen MR) is 63.5 cm³/mol. The van der Waals surface area contributed by atoms with Crippen LogP contribution in [0.15, 0.2) is 42.0 Å². The molecule has 0 radical (unpaired) electrons. The molecule has 5 heteroatoms. The molecule has 0 aliphatic carbocycles. The van der Waals surface area contributed by atoms with Gasteiger partial charge in [-0.25, -0.2) is 9.59 Å². The Kier molecular flexibility index (Phi) is 5.07. The molecule has 1 N–H and O–H groups in total. The van der Waals surface area contributed by atoms with Gasteiger partial charge in [0.05, 0.1) is 19.8 Å². The normalized spacial score (nSPS) is 12.7. The summed E-state index contributed by atoms with van der Waals surface area (Å²) in [6.45, 7) is 0. The maximum absolute atomic E-state index is 11.5. The number of hydrogen-bond acceptors (Lipinski definition) is 5. The van der Waals surface area contributed by atoms with Gasteiger partial charge < -0.3 is 14.6 Å². The van der Waals surface area contributed by atoms with Crippen LogP contribution in [0.25, 0.3) is 0 Å². The molecule has 1 rings (SSSR count). The zero-order valence-electron chi connectivity index (χ0n) is 10.1. The van der Waals surface area contributed by atoms with E-state index in [1.807, 2.05) is 0 Å². The Balaban J connectivity index is 3.08. The van der Waals surface area contributed by atoms with Gasteiger partial charge in [0.2, 0.25) is 0 Å². The van der Waals surface area contributed by atoms with Gasteiger partial charge in [-0.05, 0) is 5.56 Å². The maximum Gasteiger partial charge on any atom is 0.337 e. The number of carbonyl (C=O) groups excluding carboxylic acids is 2. The summed E-state index contributed by atoms with van der Waals surface area (Å²) in [4.78, 5) is 22.7. The highest BCUT2D eigenvalue weighted by Gasteiger charge is 2.22. The van der Waals surface area contributed by atoms with Gasteiger partial charge in [0.1, 0.15) is 6.10 Å². The summed E-state index contributed by atoms with van der Waals surface area (Å²) in [6, 6.07) is 8.48. The van der Waals surface area contributed by atoms with E-state index in [2.05, 4.69) is 9.47 Å². The fourth-order valence-corrected chi connectivity index (χ4v) is 1.37. The molecule has 18 heavy (non-hydrogen) atoms. The van der Waals surface area contributed by atoms with Gasteiger partial charge in [-0.3, -0.25) is 0 Å². The third kappa shape index (κ3) is 3.43. The van der Waals surface area contributed by atoms with E-state index >= 15 is 0 Å². The van der Waals surface area contributed by atoms with Gasteiger partial charge in [0, 0.05) is 6.08 Å². The Hall–Kier alpha value is -2.14. The quantitative estimate of drug-likeness (QED) is 0.637. The van der Waals surface area contributed by atoms with Crippen molar-refractivity contribution in [1.82, 2.24) is 0 Å². The van der Waals surface area contributed by atoms with E-state index in [1.165, 1.54) is 14.2 Å². The zero-order valence-corrected chi connectivity index (χ0v) is 10.1. The average molecular weight is 250 g/mol. The molecule has 0 saturated heterocycles. The minimum Gasteiger partial charge on any atom is -0.466 e. The van der Waals surface area contributed by atoms with Gasteiger partial charge in [-0.2, -0.15) is 0 Å². The molecule has 0 saturated carbocycles. The molecule has 0 aromatic heterocycles. The Morgan fingerprint density at radius 2 is 1.78 bits per heavy atom. The van der Waals surface area contributed by atoms with Crippen LogP contribution < -0.4 is 0 Å². The largest absolute Gasteiger partial charge is 0.466 e. The molecular formula is C13H14O5. The SMILES string of the molecule is COC(=O)/C=C(\C(=O)OC)C(O)c1ccccc1. The highest BCUT2D eigenvalue weighted by molar-refractivity contribution is 5.97. The first-order valence-corrected chi connectivity index (χ1v) is 5.21. The summed E-state index contributed by atoms with van der Waals surface area (Å²) in [5, 5.41) is 10.0. The Morgan fingerprint density at radius 3 is 2.28 bits per heavy atom. The molecule has 96 valence electrons. The molecule has 0 heterocycles. The molecule has 0 aliphatic rings. The number of hydrogen-bond donors (Lipinski definition) is 1. The lowest BCUT2D eigenvalue weighted by atomic mass is 10.0. The average Bonchev–Trinajstić information content (AvgIpc) is 2.43. The first-order valence-electron chi connectivity index (χ1n) is 5.21.